The first-order valence-corrected chi connectivity index (χ1v) is 10.8. The summed E-state index contributed by atoms with van der Waals surface area (Å²) in [6.07, 6.45) is 0.378. The molecule has 0 aliphatic rings. The highest BCUT2D eigenvalue weighted by molar-refractivity contribution is 5.91. The zero-order valence-electron chi connectivity index (χ0n) is 18.3. The number of imidazole rings is 1. The summed E-state index contributed by atoms with van der Waals surface area (Å²) in [5, 5.41) is 13.3. The molecule has 8 nitrogen and oxygen atoms in total. The summed E-state index contributed by atoms with van der Waals surface area (Å²) in [6.45, 7) is 2.32. The fourth-order valence-electron chi connectivity index (χ4n) is 3.95. The Morgan fingerprint density at radius 2 is 1.88 bits per heavy atom. The molecule has 0 spiro atoms. The number of amides is 2. The van der Waals surface area contributed by atoms with Crippen molar-refractivity contribution >= 4 is 33.8 Å². The van der Waals surface area contributed by atoms with Gasteiger partial charge in [0, 0.05) is 23.9 Å². The van der Waals surface area contributed by atoms with Crippen LogP contribution >= 0.6 is 0 Å². The van der Waals surface area contributed by atoms with Crippen molar-refractivity contribution in [2.75, 3.05) is 11.9 Å². The summed E-state index contributed by atoms with van der Waals surface area (Å²) >= 11 is 0. The van der Waals surface area contributed by atoms with Gasteiger partial charge in [-0.3, -0.25) is 10.1 Å². The maximum Gasteiger partial charge on any atom is 0.321 e. The average Bonchev–Trinajstić information content (AvgIpc) is 3.22. The normalized spacial score (nSPS) is 11.1. The number of hydrogen-bond acceptors (Lipinski definition) is 4. The van der Waals surface area contributed by atoms with Crippen molar-refractivity contribution in [2.45, 2.75) is 13.3 Å². The number of rotatable bonds is 5. The highest BCUT2D eigenvalue weighted by atomic mass is 19.1. The molecule has 0 unspecified atom stereocenters. The summed E-state index contributed by atoms with van der Waals surface area (Å²) in [4.78, 5) is 31.1. The minimum Gasteiger partial charge on any atom is -0.338 e. The largest absolute Gasteiger partial charge is 0.338 e. The molecule has 0 saturated carbocycles. The van der Waals surface area contributed by atoms with Gasteiger partial charge in [0.2, 0.25) is 5.95 Å². The van der Waals surface area contributed by atoms with Crippen molar-refractivity contribution in [3.63, 3.8) is 0 Å². The lowest BCUT2D eigenvalue weighted by Gasteiger charge is -2.08. The van der Waals surface area contributed by atoms with Crippen LogP contribution in [0, 0.1) is 5.82 Å². The van der Waals surface area contributed by atoms with Gasteiger partial charge in [-0.15, -0.1) is 0 Å². The molecule has 0 aliphatic carbocycles. The molecule has 0 radical (unpaired) electrons. The molecule has 34 heavy (non-hydrogen) atoms. The molecular weight excluding hydrogens is 435 g/mol. The fraction of sp³-hybridized carbons (Fsp3) is 0.120. The zero-order chi connectivity index (χ0) is 23.7. The van der Waals surface area contributed by atoms with Gasteiger partial charge in [-0.1, -0.05) is 36.4 Å². The van der Waals surface area contributed by atoms with Crippen LogP contribution in [0.2, 0.25) is 0 Å². The molecule has 0 saturated heterocycles. The minimum atomic E-state index is -0.370. The number of urea groups is 1. The number of carbonyl (C=O) groups excluding carboxylic acids is 1. The summed E-state index contributed by atoms with van der Waals surface area (Å²) in [5.74, 6) is -0.0553. The maximum atomic E-state index is 15.1. The van der Waals surface area contributed by atoms with Crippen LogP contribution in [-0.4, -0.2) is 32.7 Å². The first-order valence-electron chi connectivity index (χ1n) is 10.8. The van der Waals surface area contributed by atoms with Crippen LogP contribution in [0.1, 0.15) is 18.2 Å². The van der Waals surface area contributed by atoms with Crippen LogP contribution in [0.4, 0.5) is 15.1 Å². The Bertz CT molecular complexity index is 1590. The summed E-state index contributed by atoms with van der Waals surface area (Å²) in [6, 6.07) is 17.3. The molecule has 2 heterocycles. The van der Waals surface area contributed by atoms with Crippen molar-refractivity contribution in [1.29, 1.82) is 0 Å². The van der Waals surface area contributed by atoms with Crippen LogP contribution in [0.15, 0.2) is 65.5 Å². The molecule has 9 heteroatoms. The molecule has 0 bridgehead atoms. The van der Waals surface area contributed by atoms with E-state index in [-0.39, 0.29) is 17.4 Å². The number of aromatic nitrogens is 4. The van der Waals surface area contributed by atoms with Crippen LogP contribution in [-0.2, 0) is 6.42 Å². The van der Waals surface area contributed by atoms with E-state index in [0.717, 1.165) is 10.9 Å². The van der Waals surface area contributed by atoms with Crippen LogP contribution < -0.4 is 16.2 Å². The molecule has 0 aliphatic heterocycles. The summed E-state index contributed by atoms with van der Waals surface area (Å²) in [7, 11) is 0. The second kappa shape index (κ2) is 8.78. The quantitative estimate of drug-likeness (QED) is 0.315. The standard InChI is InChI=1S/C25H21FN6O2/c1-2-27-25(34)30-24-28-20-10-8-15(13-22(20)29-24)16-9-7-14(11-19(16)26)12-21-17-5-3-4-6-18(17)23(33)32-31-21/h3-11,13H,2,12H2,1H3,(H,32,33)(H3,27,28,29,30,34). The van der Waals surface area contributed by atoms with E-state index in [1.807, 2.05) is 25.1 Å². The highest BCUT2D eigenvalue weighted by Crippen LogP contribution is 2.28. The number of anilines is 1. The van der Waals surface area contributed by atoms with Gasteiger partial charge < -0.3 is 10.3 Å². The topological polar surface area (TPSA) is 116 Å². The molecule has 170 valence electrons. The van der Waals surface area contributed by atoms with E-state index in [2.05, 4.69) is 30.8 Å². The number of nitrogens with zero attached hydrogens (tertiary/aromatic N) is 2. The maximum absolute atomic E-state index is 15.1. The van der Waals surface area contributed by atoms with E-state index in [1.165, 1.54) is 6.07 Å². The lowest BCUT2D eigenvalue weighted by molar-refractivity contribution is 0.252. The molecule has 0 atom stereocenters. The van der Waals surface area contributed by atoms with E-state index in [1.54, 1.807) is 36.4 Å². The number of fused-ring (bicyclic) bond motifs is 2. The molecule has 0 fully saturated rings. The van der Waals surface area contributed by atoms with Gasteiger partial charge in [0.1, 0.15) is 5.82 Å². The van der Waals surface area contributed by atoms with Crippen molar-refractivity contribution in [1.82, 2.24) is 25.5 Å². The van der Waals surface area contributed by atoms with E-state index >= 15 is 4.39 Å². The summed E-state index contributed by atoms with van der Waals surface area (Å²) in [5.41, 5.74) is 3.62. The van der Waals surface area contributed by atoms with Crippen LogP contribution in [0.25, 0.3) is 32.9 Å². The van der Waals surface area contributed by atoms with Gasteiger partial charge in [0.15, 0.2) is 0 Å². The van der Waals surface area contributed by atoms with Gasteiger partial charge in [-0.2, -0.15) is 5.10 Å². The number of nitrogens with one attached hydrogen (secondary N) is 4. The SMILES string of the molecule is CCNC(=O)Nc1nc2ccc(-c3ccc(Cc4n[nH]c(=O)c5ccccc45)cc3F)cc2[nH]1. The van der Waals surface area contributed by atoms with Gasteiger partial charge in [0.05, 0.1) is 22.1 Å². The molecule has 5 aromatic rings. The number of aromatic amines is 2. The third kappa shape index (κ3) is 4.11. The van der Waals surface area contributed by atoms with Crippen molar-refractivity contribution in [3.8, 4) is 11.1 Å². The lowest BCUT2D eigenvalue weighted by atomic mass is 9.99. The Morgan fingerprint density at radius 1 is 1.06 bits per heavy atom. The predicted molar refractivity (Wildman–Crippen MR) is 129 cm³/mol. The Balaban J connectivity index is 1.42. The van der Waals surface area contributed by atoms with Crippen molar-refractivity contribution in [2.24, 2.45) is 0 Å². The monoisotopic (exact) mass is 456 g/mol. The smallest absolute Gasteiger partial charge is 0.321 e. The van der Waals surface area contributed by atoms with E-state index in [9.17, 15) is 9.59 Å². The van der Waals surface area contributed by atoms with E-state index in [4.69, 9.17) is 0 Å². The lowest BCUT2D eigenvalue weighted by Crippen LogP contribution is -2.28. The molecule has 3 aromatic carbocycles. The van der Waals surface area contributed by atoms with E-state index in [0.29, 0.717) is 52.2 Å². The van der Waals surface area contributed by atoms with E-state index < -0.39 is 0 Å². The van der Waals surface area contributed by atoms with Crippen molar-refractivity contribution in [3.05, 3.63) is 88.1 Å². The second-order valence-electron chi connectivity index (χ2n) is 7.84. The van der Waals surface area contributed by atoms with Crippen LogP contribution in [0.3, 0.4) is 0 Å². The molecule has 5 rings (SSSR count). The second-order valence-corrected chi connectivity index (χ2v) is 7.84. The van der Waals surface area contributed by atoms with Gasteiger partial charge >= 0.3 is 6.03 Å². The minimum absolute atomic E-state index is 0.251. The number of carbonyl (C=O) groups is 1. The van der Waals surface area contributed by atoms with Crippen LogP contribution in [0.5, 0.6) is 0 Å². The Hall–Kier alpha value is -4.53. The van der Waals surface area contributed by atoms with Gasteiger partial charge in [0.25, 0.3) is 5.56 Å². The zero-order valence-corrected chi connectivity index (χ0v) is 18.3. The molecular formula is C25H21FN6O2. The average molecular weight is 456 g/mol. The Morgan fingerprint density at radius 3 is 2.68 bits per heavy atom. The first kappa shape index (κ1) is 21.3. The molecule has 2 amide bonds. The number of hydrogen-bond donors (Lipinski definition) is 4. The third-order valence-corrected chi connectivity index (χ3v) is 5.54. The summed E-state index contributed by atoms with van der Waals surface area (Å²) < 4.78 is 15.1. The molecule has 2 aromatic heterocycles. The number of benzene rings is 3. The number of H-pyrrole nitrogens is 2. The highest BCUT2D eigenvalue weighted by Gasteiger charge is 2.12. The third-order valence-electron chi connectivity index (χ3n) is 5.54. The van der Waals surface area contributed by atoms with Crippen molar-refractivity contribution < 1.29 is 9.18 Å². The predicted octanol–water partition coefficient (Wildman–Crippen LogP) is 4.34. The molecule has 4 N–H and O–H groups in total. The fourth-order valence-corrected chi connectivity index (χ4v) is 3.95. The van der Waals surface area contributed by atoms with Gasteiger partial charge in [-0.05, 0) is 42.3 Å². The number of halogens is 1. The Kier molecular flexibility index (Phi) is 5.51. The Labute approximate surface area is 193 Å². The first-order chi connectivity index (χ1) is 16.5. The van der Waals surface area contributed by atoms with Gasteiger partial charge in [-0.25, -0.2) is 19.3 Å².